The first-order valence-corrected chi connectivity index (χ1v) is 15.4. The number of fused-ring (bicyclic) bond motifs is 1. The van der Waals surface area contributed by atoms with E-state index in [-0.39, 0.29) is 17.4 Å². The number of hydrogen-bond donors (Lipinski definition) is 2. The summed E-state index contributed by atoms with van der Waals surface area (Å²) in [5.41, 5.74) is 20.1. The lowest BCUT2D eigenvalue weighted by atomic mass is 9.73. The van der Waals surface area contributed by atoms with E-state index in [1.807, 2.05) is 43.0 Å². The summed E-state index contributed by atoms with van der Waals surface area (Å²) in [6.07, 6.45) is 4.86. The molecule has 1 saturated carbocycles. The van der Waals surface area contributed by atoms with Crippen LogP contribution in [-0.2, 0) is 10.3 Å². The minimum absolute atomic E-state index is 0.0207. The van der Waals surface area contributed by atoms with Gasteiger partial charge in [-0.3, -0.25) is 9.36 Å². The van der Waals surface area contributed by atoms with Gasteiger partial charge >= 0.3 is 0 Å². The van der Waals surface area contributed by atoms with E-state index in [1.54, 1.807) is 6.20 Å². The van der Waals surface area contributed by atoms with Gasteiger partial charge in [0.25, 0.3) is 0 Å². The minimum atomic E-state index is -0.237. The Labute approximate surface area is 257 Å². The number of hydrogen-bond acceptors (Lipinski definition) is 7. The van der Waals surface area contributed by atoms with Crippen molar-refractivity contribution in [1.29, 1.82) is 0 Å². The Kier molecular flexibility index (Phi) is 7.05. The second-order valence-corrected chi connectivity index (χ2v) is 12.3. The smallest absolute Gasteiger partial charge is 0.225 e. The van der Waals surface area contributed by atoms with Gasteiger partial charge in [-0.15, -0.1) is 0 Å². The standard InChI is InChI=1S/C35H38N8O/c1-23(2)34(44)42-20-18-41(19-21-42)27-7-3-6-24(22-27)29-13-14-30-33(39-29)43(32(40-30)28-8-4-17-38-31(28)36)26-11-9-25(10-12-26)35(37)15-5-16-35/h3-4,6-14,17,22-23H,5,15-16,18-21,37H2,1-2H3,(H2,36,38). The van der Waals surface area contributed by atoms with Crippen LogP contribution in [0.15, 0.2) is 79.0 Å². The number of carbonyl (C=O) groups is 1. The molecule has 0 spiro atoms. The number of pyridine rings is 2. The molecule has 1 aliphatic carbocycles. The number of benzene rings is 2. The highest BCUT2D eigenvalue weighted by Gasteiger charge is 2.34. The number of nitrogens with zero attached hydrogens (tertiary/aromatic N) is 6. The van der Waals surface area contributed by atoms with E-state index >= 15 is 0 Å². The van der Waals surface area contributed by atoms with Crippen molar-refractivity contribution in [3.63, 3.8) is 0 Å². The van der Waals surface area contributed by atoms with Gasteiger partial charge in [0, 0.05) is 60.8 Å². The van der Waals surface area contributed by atoms with E-state index in [0.717, 1.165) is 90.4 Å². The topological polar surface area (TPSA) is 119 Å². The van der Waals surface area contributed by atoms with Gasteiger partial charge in [-0.05, 0) is 73.4 Å². The number of carbonyl (C=O) groups excluding carboxylic acids is 1. The number of rotatable bonds is 6. The molecule has 9 heteroatoms. The van der Waals surface area contributed by atoms with Crippen LogP contribution in [0.1, 0.15) is 38.7 Å². The minimum Gasteiger partial charge on any atom is -0.383 e. The maximum Gasteiger partial charge on any atom is 0.225 e. The molecule has 1 amide bonds. The van der Waals surface area contributed by atoms with Crippen molar-refractivity contribution in [3.05, 3.63) is 84.6 Å². The molecule has 2 fully saturated rings. The first-order valence-electron chi connectivity index (χ1n) is 15.4. The molecule has 9 nitrogen and oxygen atoms in total. The Morgan fingerprint density at radius 1 is 0.886 bits per heavy atom. The Morgan fingerprint density at radius 3 is 2.34 bits per heavy atom. The summed E-state index contributed by atoms with van der Waals surface area (Å²) in [6.45, 7) is 6.99. The molecule has 3 aromatic heterocycles. The number of nitrogens with two attached hydrogens (primary N) is 2. The Balaban J connectivity index is 1.26. The fourth-order valence-electron chi connectivity index (χ4n) is 6.35. The maximum atomic E-state index is 12.5. The normalized spacial score (nSPS) is 16.4. The van der Waals surface area contributed by atoms with Gasteiger partial charge in [0.15, 0.2) is 11.5 Å². The van der Waals surface area contributed by atoms with Crippen LogP contribution in [-0.4, -0.2) is 56.5 Å². The molecule has 1 saturated heterocycles. The van der Waals surface area contributed by atoms with E-state index in [0.29, 0.717) is 11.6 Å². The first-order chi connectivity index (χ1) is 21.3. The van der Waals surface area contributed by atoms with Crippen molar-refractivity contribution >= 4 is 28.6 Å². The van der Waals surface area contributed by atoms with Gasteiger partial charge in [0.2, 0.25) is 5.91 Å². The highest BCUT2D eigenvalue weighted by Crippen LogP contribution is 2.39. The highest BCUT2D eigenvalue weighted by atomic mass is 16.2. The van der Waals surface area contributed by atoms with Gasteiger partial charge < -0.3 is 21.3 Å². The zero-order chi connectivity index (χ0) is 30.4. The molecule has 44 heavy (non-hydrogen) atoms. The average Bonchev–Trinajstić information content (AvgIpc) is 3.42. The summed E-state index contributed by atoms with van der Waals surface area (Å²) in [5, 5.41) is 0. The summed E-state index contributed by atoms with van der Waals surface area (Å²) in [4.78, 5) is 31.3. The van der Waals surface area contributed by atoms with E-state index in [1.165, 1.54) is 0 Å². The van der Waals surface area contributed by atoms with E-state index in [2.05, 4.69) is 63.0 Å². The lowest BCUT2D eigenvalue weighted by Crippen LogP contribution is -2.49. The van der Waals surface area contributed by atoms with Crippen molar-refractivity contribution in [2.75, 3.05) is 36.8 Å². The molecule has 5 aromatic rings. The Morgan fingerprint density at radius 2 is 1.66 bits per heavy atom. The fraction of sp³-hybridized carbons (Fsp3) is 0.314. The number of nitrogen functional groups attached to an aromatic ring is 1. The molecule has 1 aliphatic heterocycles. The quantitative estimate of drug-likeness (QED) is 0.274. The van der Waals surface area contributed by atoms with Crippen LogP contribution in [0.4, 0.5) is 11.5 Å². The van der Waals surface area contributed by atoms with Crippen molar-refractivity contribution in [2.24, 2.45) is 11.7 Å². The molecule has 2 aromatic carbocycles. The summed E-state index contributed by atoms with van der Waals surface area (Å²) in [6, 6.07) is 24.8. The molecule has 7 rings (SSSR count). The number of anilines is 2. The van der Waals surface area contributed by atoms with E-state index < -0.39 is 0 Å². The monoisotopic (exact) mass is 586 g/mol. The average molecular weight is 587 g/mol. The summed E-state index contributed by atoms with van der Waals surface area (Å²) < 4.78 is 2.06. The second-order valence-electron chi connectivity index (χ2n) is 12.3. The van der Waals surface area contributed by atoms with Crippen molar-refractivity contribution in [3.8, 4) is 28.3 Å². The predicted octanol–water partition coefficient (Wildman–Crippen LogP) is 5.37. The SMILES string of the molecule is CC(C)C(=O)N1CCN(c2cccc(-c3ccc4nc(-c5cccnc5N)n(-c5ccc(C6(N)CCC6)cc5)c4n3)c2)CC1. The first kappa shape index (κ1) is 28.0. The molecule has 4 heterocycles. The summed E-state index contributed by atoms with van der Waals surface area (Å²) in [5.74, 6) is 1.35. The molecule has 2 aliphatic rings. The zero-order valence-electron chi connectivity index (χ0n) is 25.3. The number of amides is 1. The lowest BCUT2D eigenvalue weighted by molar-refractivity contribution is -0.134. The molecular formula is C35H38N8O. The van der Waals surface area contributed by atoms with Crippen molar-refractivity contribution in [1.82, 2.24) is 24.4 Å². The van der Waals surface area contributed by atoms with Crippen LogP contribution in [0, 0.1) is 5.92 Å². The molecule has 4 N–H and O–H groups in total. The third-order valence-corrected chi connectivity index (χ3v) is 9.12. The van der Waals surface area contributed by atoms with Gasteiger partial charge in [-0.25, -0.2) is 15.0 Å². The molecule has 0 unspecified atom stereocenters. The van der Waals surface area contributed by atoms with Crippen LogP contribution in [0.2, 0.25) is 0 Å². The predicted molar refractivity (Wildman–Crippen MR) is 175 cm³/mol. The maximum absolute atomic E-state index is 12.5. The molecular weight excluding hydrogens is 548 g/mol. The Hall–Kier alpha value is -4.76. The lowest BCUT2D eigenvalue weighted by Gasteiger charge is -2.38. The largest absolute Gasteiger partial charge is 0.383 e. The highest BCUT2D eigenvalue weighted by molar-refractivity contribution is 5.85. The zero-order valence-corrected chi connectivity index (χ0v) is 25.3. The van der Waals surface area contributed by atoms with Gasteiger partial charge in [0.05, 0.1) is 11.3 Å². The Bertz CT molecular complexity index is 1830. The van der Waals surface area contributed by atoms with Gasteiger partial charge in [-0.2, -0.15) is 0 Å². The van der Waals surface area contributed by atoms with Gasteiger partial charge in [0.1, 0.15) is 11.3 Å². The fourth-order valence-corrected chi connectivity index (χ4v) is 6.35. The van der Waals surface area contributed by atoms with Crippen LogP contribution >= 0.6 is 0 Å². The van der Waals surface area contributed by atoms with Crippen molar-refractivity contribution < 1.29 is 4.79 Å². The van der Waals surface area contributed by atoms with Gasteiger partial charge in [-0.1, -0.05) is 38.1 Å². The molecule has 0 atom stereocenters. The number of piperazine rings is 1. The molecule has 224 valence electrons. The molecule has 0 radical (unpaired) electrons. The second kappa shape index (κ2) is 11.1. The number of imidazole rings is 1. The number of aromatic nitrogens is 4. The summed E-state index contributed by atoms with van der Waals surface area (Å²) in [7, 11) is 0. The van der Waals surface area contributed by atoms with Crippen LogP contribution < -0.4 is 16.4 Å². The van der Waals surface area contributed by atoms with E-state index in [9.17, 15) is 4.79 Å². The van der Waals surface area contributed by atoms with Crippen LogP contribution in [0.3, 0.4) is 0 Å². The van der Waals surface area contributed by atoms with Crippen LogP contribution in [0.5, 0.6) is 0 Å². The van der Waals surface area contributed by atoms with E-state index in [4.69, 9.17) is 21.4 Å². The third-order valence-electron chi connectivity index (χ3n) is 9.12. The van der Waals surface area contributed by atoms with Crippen molar-refractivity contribution in [2.45, 2.75) is 38.6 Å². The third kappa shape index (κ3) is 4.97. The molecule has 0 bridgehead atoms. The van der Waals surface area contributed by atoms with Crippen LogP contribution in [0.25, 0.3) is 39.5 Å². The summed E-state index contributed by atoms with van der Waals surface area (Å²) >= 11 is 0.